The van der Waals surface area contributed by atoms with Gasteiger partial charge in [0.15, 0.2) is 0 Å². The minimum atomic E-state index is -0.546. The lowest BCUT2D eigenvalue weighted by Crippen LogP contribution is -2.43. The Hall–Kier alpha value is -2.20. The van der Waals surface area contributed by atoms with Crippen molar-refractivity contribution in [1.82, 2.24) is 9.88 Å². The summed E-state index contributed by atoms with van der Waals surface area (Å²) in [6.07, 6.45) is 2.14. The highest BCUT2D eigenvalue weighted by Crippen LogP contribution is 2.23. The van der Waals surface area contributed by atoms with Crippen LogP contribution < -0.4 is 5.32 Å². The largest absolute Gasteiger partial charge is 0.366 e. The summed E-state index contributed by atoms with van der Waals surface area (Å²) in [6.45, 7) is 4.11. The first-order valence-corrected chi connectivity index (χ1v) is 6.51. The van der Waals surface area contributed by atoms with Crippen LogP contribution in [0.25, 0.3) is 0 Å². The average Bonchev–Trinajstić information content (AvgIpc) is 2.42. The van der Waals surface area contributed by atoms with Gasteiger partial charge < -0.3 is 10.2 Å². The molecule has 1 N–H and O–H groups in total. The molecule has 0 radical (unpaired) electrons. The van der Waals surface area contributed by atoms with Gasteiger partial charge in [-0.25, -0.2) is 4.98 Å². The molecule has 7 heteroatoms. The fraction of sp³-hybridized carbons (Fsp3) is 0.538. The van der Waals surface area contributed by atoms with Crippen molar-refractivity contribution in [2.24, 2.45) is 5.92 Å². The number of pyridine rings is 1. The first kappa shape index (κ1) is 14.2. The predicted molar refractivity (Wildman–Crippen MR) is 74.3 cm³/mol. The fourth-order valence-corrected chi connectivity index (χ4v) is 2.50. The molecule has 0 aliphatic carbocycles. The minimum absolute atomic E-state index is 0.163. The van der Waals surface area contributed by atoms with Crippen molar-refractivity contribution in [3.8, 4) is 6.07 Å². The molecule has 1 fully saturated rings. The van der Waals surface area contributed by atoms with Crippen LogP contribution in [0, 0.1) is 27.4 Å². The molecule has 106 valence electrons. The number of nitrogens with zero attached hydrogens (tertiary/aromatic N) is 4. The number of aromatic nitrogens is 1. The lowest BCUT2D eigenvalue weighted by Gasteiger charge is -2.35. The Morgan fingerprint density at radius 1 is 1.65 bits per heavy atom. The summed E-state index contributed by atoms with van der Waals surface area (Å²) in [5.74, 6) is 0.858. The quantitative estimate of drug-likeness (QED) is 0.665. The number of hydrogen-bond acceptors (Lipinski definition) is 6. The number of nitro groups is 1. The Balaban J connectivity index is 2.17. The van der Waals surface area contributed by atoms with Crippen molar-refractivity contribution in [3.05, 3.63) is 27.9 Å². The fourth-order valence-electron chi connectivity index (χ4n) is 2.50. The summed E-state index contributed by atoms with van der Waals surface area (Å²) < 4.78 is 0. The van der Waals surface area contributed by atoms with E-state index in [0.717, 1.165) is 19.5 Å². The van der Waals surface area contributed by atoms with E-state index in [1.807, 2.05) is 6.07 Å². The van der Waals surface area contributed by atoms with Crippen molar-refractivity contribution in [2.75, 3.05) is 25.5 Å². The molecule has 0 spiro atoms. The molecule has 0 bridgehead atoms. The molecule has 2 unspecified atom stereocenters. The summed E-state index contributed by atoms with van der Waals surface area (Å²) >= 11 is 0. The predicted octanol–water partition coefficient (Wildman–Crippen LogP) is 1.61. The maximum Gasteiger partial charge on any atom is 0.289 e. The van der Waals surface area contributed by atoms with E-state index in [1.54, 1.807) is 0 Å². The zero-order chi connectivity index (χ0) is 14.7. The first-order chi connectivity index (χ1) is 9.51. The van der Waals surface area contributed by atoms with Gasteiger partial charge in [-0.3, -0.25) is 10.1 Å². The summed E-state index contributed by atoms with van der Waals surface area (Å²) in [6, 6.07) is 3.45. The van der Waals surface area contributed by atoms with E-state index >= 15 is 0 Å². The first-order valence-electron chi connectivity index (χ1n) is 6.51. The third-order valence-electron chi connectivity index (χ3n) is 3.64. The number of nitrogens with one attached hydrogen (secondary N) is 1. The highest BCUT2D eigenvalue weighted by Gasteiger charge is 2.25. The second kappa shape index (κ2) is 5.84. The van der Waals surface area contributed by atoms with E-state index in [-0.39, 0.29) is 17.3 Å². The van der Waals surface area contributed by atoms with Gasteiger partial charge in [0.1, 0.15) is 23.6 Å². The Kier molecular flexibility index (Phi) is 4.15. The molecule has 0 aromatic carbocycles. The van der Waals surface area contributed by atoms with Gasteiger partial charge in [0.05, 0.1) is 4.92 Å². The molecular weight excluding hydrogens is 258 g/mol. The Morgan fingerprint density at radius 3 is 3.00 bits per heavy atom. The molecule has 1 aliphatic heterocycles. The van der Waals surface area contributed by atoms with E-state index in [2.05, 4.69) is 29.2 Å². The Morgan fingerprint density at radius 2 is 2.40 bits per heavy atom. The normalized spacial score (nSPS) is 23.1. The zero-order valence-electron chi connectivity index (χ0n) is 11.5. The molecule has 1 saturated heterocycles. The molecular formula is C13H17N5O2. The van der Waals surface area contributed by atoms with Crippen LogP contribution in [-0.2, 0) is 0 Å². The van der Waals surface area contributed by atoms with E-state index in [9.17, 15) is 10.1 Å². The lowest BCUT2D eigenvalue weighted by atomic mass is 9.94. The van der Waals surface area contributed by atoms with Crippen molar-refractivity contribution in [3.63, 3.8) is 0 Å². The van der Waals surface area contributed by atoms with Gasteiger partial charge in [0.25, 0.3) is 5.69 Å². The van der Waals surface area contributed by atoms with Crippen molar-refractivity contribution in [1.29, 1.82) is 5.26 Å². The number of anilines is 1. The zero-order valence-corrected chi connectivity index (χ0v) is 11.5. The van der Waals surface area contributed by atoms with E-state index in [0.29, 0.717) is 11.7 Å². The molecule has 7 nitrogen and oxygen atoms in total. The smallest absolute Gasteiger partial charge is 0.289 e. The topological polar surface area (TPSA) is 95.1 Å². The molecule has 1 aromatic heterocycles. The van der Waals surface area contributed by atoms with Crippen molar-refractivity contribution >= 4 is 11.5 Å². The highest BCUT2D eigenvalue weighted by atomic mass is 16.6. The van der Waals surface area contributed by atoms with Gasteiger partial charge in [0.2, 0.25) is 0 Å². The van der Waals surface area contributed by atoms with Crippen LogP contribution in [0.15, 0.2) is 12.3 Å². The van der Waals surface area contributed by atoms with Gasteiger partial charge in [0, 0.05) is 18.7 Å². The monoisotopic (exact) mass is 275 g/mol. The van der Waals surface area contributed by atoms with E-state index < -0.39 is 4.92 Å². The van der Waals surface area contributed by atoms with Crippen LogP contribution in [0.2, 0.25) is 0 Å². The van der Waals surface area contributed by atoms with E-state index in [1.165, 1.54) is 12.3 Å². The van der Waals surface area contributed by atoms with Crippen LogP contribution in [0.3, 0.4) is 0 Å². The maximum atomic E-state index is 10.7. The number of piperidine rings is 1. The van der Waals surface area contributed by atoms with E-state index in [4.69, 9.17) is 5.26 Å². The third-order valence-corrected chi connectivity index (χ3v) is 3.64. The number of hydrogen-bond donors (Lipinski definition) is 1. The van der Waals surface area contributed by atoms with Crippen LogP contribution in [0.1, 0.15) is 18.9 Å². The van der Waals surface area contributed by atoms with Crippen molar-refractivity contribution < 1.29 is 4.92 Å². The molecule has 0 saturated carbocycles. The molecule has 1 aromatic rings. The van der Waals surface area contributed by atoms with Crippen molar-refractivity contribution in [2.45, 2.75) is 19.4 Å². The standard InChI is InChI=1S/C13H17N5O2/c1-9-8-17(2)4-3-12(9)16-13-10(6-14)5-11(7-15-13)18(19)20/h5,7,9,12H,3-4,8H2,1-2H3,(H,15,16). The molecule has 1 aliphatic rings. The molecule has 0 amide bonds. The third kappa shape index (κ3) is 3.03. The lowest BCUT2D eigenvalue weighted by molar-refractivity contribution is -0.385. The van der Waals surface area contributed by atoms with Gasteiger partial charge in [-0.05, 0) is 25.9 Å². The minimum Gasteiger partial charge on any atom is -0.366 e. The summed E-state index contributed by atoms with van der Waals surface area (Å²) in [4.78, 5) is 16.4. The SMILES string of the molecule is CC1CN(C)CCC1Nc1ncc([N+](=O)[O-])cc1C#N. The summed E-state index contributed by atoms with van der Waals surface area (Å²) in [7, 11) is 2.08. The second-order valence-electron chi connectivity index (χ2n) is 5.24. The number of rotatable bonds is 3. The van der Waals surface area contributed by atoms with Gasteiger partial charge in [-0.2, -0.15) is 5.26 Å². The molecule has 2 heterocycles. The summed E-state index contributed by atoms with van der Waals surface area (Å²) in [5.41, 5.74) is 0.0499. The highest BCUT2D eigenvalue weighted by molar-refractivity contribution is 5.56. The Bertz CT molecular complexity index is 554. The summed E-state index contributed by atoms with van der Waals surface area (Å²) in [5, 5.41) is 23.0. The average molecular weight is 275 g/mol. The second-order valence-corrected chi connectivity index (χ2v) is 5.24. The number of nitriles is 1. The maximum absolute atomic E-state index is 10.7. The Labute approximate surface area is 117 Å². The van der Waals surface area contributed by atoms with Gasteiger partial charge in [-0.1, -0.05) is 6.92 Å². The molecule has 2 atom stereocenters. The van der Waals surface area contributed by atoms with Crippen LogP contribution in [0.4, 0.5) is 11.5 Å². The van der Waals surface area contributed by atoms with Crippen LogP contribution in [-0.4, -0.2) is 41.0 Å². The van der Waals surface area contributed by atoms with Gasteiger partial charge in [-0.15, -0.1) is 0 Å². The van der Waals surface area contributed by atoms with Crippen LogP contribution in [0.5, 0.6) is 0 Å². The van der Waals surface area contributed by atoms with Crippen LogP contribution >= 0.6 is 0 Å². The van der Waals surface area contributed by atoms with Gasteiger partial charge >= 0.3 is 0 Å². The number of likely N-dealkylation sites (tertiary alicyclic amines) is 1. The molecule has 20 heavy (non-hydrogen) atoms. The molecule has 2 rings (SSSR count).